The lowest BCUT2D eigenvalue weighted by Crippen LogP contribution is -2.39. The first-order chi connectivity index (χ1) is 7.22. The molecule has 0 amide bonds. The van der Waals surface area contributed by atoms with Crippen LogP contribution in [0.2, 0.25) is 0 Å². The van der Waals surface area contributed by atoms with Crippen molar-refractivity contribution in [2.45, 2.75) is 24.9 Å². The van der Waals surface area contributed by atoms with Crippen molar-refractivity contribution in [3.8, 4) is 0 Å². The summed E-state index contributed by atoms with van der Waals surface area (Å²) in [7, 11) is 0. The monoisotopic (exact) mass is 216 g/mol. The van der Waals surface area contributed by atoms with Crippen LogP contribution in [0.5, 0.6) is 0 Å². The molecule has 2 unspecified atom stereocenters. The molecule has 0 bridgehead atoms. The summed E-state index contributed by atoms with van der Waals surface area (Å²) in [6, 6.07) is 0. The van der Waals surface area contributed by atoms with Crippen LogP contribution in [-0.2, 0) is 0 Å². The average molecular weight is 216 g/mol. The standard InChI is InChI=1S/C11H21FN2O/c12-11(9-15)3-5-14(8-11)7-10-2-1-4-13-6-10/h10,13,15H,1-9H2. The molecule has 0 aromatic carbocycles. The Balaban J connectivity index is 1.76. The van der Waals surface area contributed by atoms with Crippen molar-refractivity contribution in [3.05, 3.63) is 0 Å². The van der Waals surface area contributed by atoms with Crippen molar-refractivity contribution in [1.82, 2.24) is 10.2 Å². The van der Waals surface area contributed by atoms with Crippen LogP contribution in [0.3, 0.4) is 0 Å². The molecule has 2 atom stereocenters. The summed E-state index contributed by atoms with van der Waals surface area (Å²) < 4.78 is 13.7. The second-order valence-electron chi connectivity index (χ2n) is 5.01. The van der Waals surface area contributed by atoms with Gasteiger partial charge in [-0.3, -0.25) is 4.90 Å². The maximum absolute atomic E-state index is 13.7. The molecule has 0 radical (unpaired) electrons. The van der Waals surface area contributed by atoms with Gasteiger partial charge in [-0.15, -0.1) is 0 Å². The molecule has 2 N–H and O–H groups in total. The van der Waals surface area contributed by atoms with E-state index < -0.39 is 5.67 Å². The first kappa shape index (κ1) is 11.3. The Bertz CT molecular complexity index is 209. The van der Waals surface area contributed by atoms with Crippen LogP contribution in [0, 0.1) is 5.92 Å². The van der Waals surface area contributed by atoms with E-state index in [1.807, 2.05) is 0 Å². The fourth-order valence-corrected chi connectivity index (χ4v) is 2.65. The van der Waals surface area contributed by atoms with Gasteiger partial charge in [0.15, 0.2) is 0 Å². The number of halogens is 1. The Morgan fingerprint density at radius 1 is 1.53 bits per heavy atom. The molecule has 88 valence electrons. The fourth-order valence-electron chi connectivity index (χ4n) is 2.65. The van der Waals surface area contributed by atoms with Crippen molar-refractivity contribution in [2.75, 3.05) is 39.3 Å². The molecule has 2 rings (SSSR count). The van der Waals surface area contributed by atoms with Crippen LogP contribution in [-0.4, -0.2) is 55.0 Å². The number of nitrogens with zero attached hydrogens (tertiary/aromatic N) is 1. The highest BCUT2D eigenvalue weighted by Gasteiger charge is 2.38. The van der Waals surface area contributed by atoms with E-state index in [1.54, 1.807) is 0 Å². The van der Waals surface area contributed by atoms with Gasteiger partial charge in [-0.1, -0.05) is 0 Å². The quantitative estimate of drug-likeness (QED) is 0.716. The largest absolute Gasteiger partial charge is 0.393 e. The number of hydrogen-bond donors (Lipinski definition) is 2. The third kappa shape index (κ3) is 2.89. The minimum absolute atomic E-state index is 0.327. The lowest BCUT2D eigenvalue weighted by molar-refractivity contribution is 0.0750. The van der Waals surface area contributed by atoms with Crippen molar-refractivity contribution >= 4 is 0 Å². The zero-order valence-corrected chi connectivity index (χ0v) is 9.21. The highest BCUT2D eigenvalue weighted by Crippen LogP contribution is 2.26. The van der Waals surface area contributed by atoms with Crippen LogP contribution in [0.1, 0.15) is 19.3 Å². The Kier molecular flexibility index (Phi) is 3.59. The molecular weight excluding hydrogens is 195 g/mol. The summed E-state index contributed by atoms with van der Waals surface area (Å²) in [6.45, 7) is 4.06. The van der Waals surface area contributed by atoms with E-state index in [0.717, 1.165) is 26.2 Å². The van der Waals surface area contributed by atoms with Gasteiger partial charge in [0.1, 0.15) is 5.67 Å². The second-order valence-corrected chi connectivity index (χ2v) is 5.01. The Morgan fingerprint density at radius 2 is 2.40 bits per heavy atom. The molecule has 0 aromatic rings. The zero-order chi connectivity index (χ0) is 10.7. The zero-order valence-electron chi connectivity index (χ0n) is 9.21. The van der Waals surface area contributed by atoms with E-state index in [9.17, 15) is 4.39 Å². The molecule has 0 aromatic heterocycles. The van der Waals surface area contributed by atoms with Gasteiger partial charge >= 0.3 is 0 Å². The maximum Gasteiger partial charge on any atom is 0.147 e. The number of alkyl halides is 1. The van der Waals surface area contributed by atoms with Gasteiger partial charge in [0.2, 0.25) is 0 Å². The molecule has 2 saturated heterocycles. The van der Waals surface area contributed by atoms with E-state index in [0.29, 0.717) is 18.9 Å². The lowest BCUT2D eigenvalue weighted by Gasteiger charge is -2.27. The number of nitrogens with one attached hydrogen (secondary N) is 1. The van der Waals surface area contributed by atoms with E-state index in [1.165, 1.54) is 12.8 Å². The van der Waals surface area contributed by atoms with Crippen LogP contribution < -0.4 is 5.32 Å². The molecule has 0 saturated carbocycles. The number of rotatable bonds is 3. The van der Waals surface area contributed by atoms with Gasteiger partial charge in [0.25, 0.3) is 0 Å². The van der Waals surface area contributed by atoms with Gasteiger partial charge in [0, 0.05) is 19.6 Å². The highest BCUT2D eigenvalue weighted by atomic mass is 19.1. The molecule has 0 spiro atoms. The van der Waals surface area contributed by atoms with Crippen molar-refractivity contribution in [3.63, 3.8) is 0 Å². The maximum atomic E-state index is 13.7. The number of aliphatic hydroxyl groups is 1. The number of hydrogen-bond acceptors (Lipinski definition) is 3. The van der Waals surface area contributed by atoms with Crippen molar-refractivity contribution in [2.24, 2.45) is 5.92 Å². The average Bonchev–Trinajstić information content (AvgIpc) is 2.63. The summed E-state index contributed by atoms with van der Waals surface area (Å²) in [5, 5.41) is 12.3. The molecule has 2 fully saturated rings. The highest BCUT2D eigenvalue weighted by molar-refractivity contribution is 4.91. The first-order valence-electron chi connectivity index (χ1n) is 5.95. The van der Waals surface area contributed by atoms with Crippen molar-refractivity contribution in [1.29, 1.82) is 0 Å². The van der Waals surface area contributed by atoms with E-state index in [4.69, 9.17) is 5.11 Å². The Hall–Kier alpha value is -0.190. The fraction of sp³-hybridized carbons (Fsp3) is 1.00. The summed E-state index contributed by atoms with van der Waals surface area (Å²) in [4.78, 5) is 2.16. The molecule has 4 heteroatoms. The Morgan fingerprint density at radius 3 is 3.00 bits per heavy atom. The predicted octanol–water partition coefficient (Wildman–Crippen LogP) is 0.392. The van der Waals surface area contributed by atoms with Gasteiger partial charge in [-0.25, -0.2) is 4.39 Å². The van der Waals surface area contributed by atoms with Crippen LogP contribution >= 0.6 is 0 Å². The molecule has 0 aliphatic carbocycles. The summed E-state index contributed by atoms with van der Waals surface area (Å²) in [5.41, 5.74) is -1.33. The van der Waals surface area contributed by atoms with Gasteiger partial charge in [-0.2, -0.15) is 0 Å². The number of aliphatic hydroxyl groups excluding tert-OH is 1. The third-order valence-electron chi connectivity index (χ3n) is 3.58. The first-order valence-corrected chi connectivity index (χ1v) is 5.95. The van der Waals surface area contributed by atoms with Crippen LogP contribution in [0.4, 0.5) is 4.39 Å². The minimum Gasteiger partial charge on any atom is -0.393 e. The van der Waals surface area contributed by atoms with Crippen molar-refractivity contribution < 1.29 is 9.50 Å². The topological polar surface area (TPSA) is 35.5 Å². The van der Waals surface area contributed by atoms with E-state index in [2.05, 4.69) is 10.2 Å². The molecule has 2 heterocycles. The summed E-state index contributed by atoms with van der Waals surface area (Å²) in [6.07, 6.45) is 2.98. The minimum atomic E-state index is -1.33. The third-order valence-corrected chi connectivity index (χ3v) is 3.58. The molecule has 2 aliphatic heterocycles. The lowest BCUT2D eigenvalue weighted by atomic mass is 9.99. The molecular formula is C11H21FN2O. The van der Waals surface area contributed by atoms with Gasteiger partial charge < -0.3 is 10.4 Å². The van der Waals surface area contributed by atoms with Gasteiger partial charge in [-0.05, 0) is 38.3 Å². The van der Waals surface area contributed by atoms with Crippen LogP contribution in [0.15, 0.2) is 0 Å². The summed E-state index contributed by atoms with van der Waals surface area (Å²) in [5.74, 6) is 0.666. The second kappa shape index (κ2) is 4.76. The molecule has 15 heavy (non-hydrogen) atoms. The summed E-state index contributed by atoms with van der Waals surface area (Å²) >= 11 is 0. The number of likely N-dealkylation sites (tertiary alicyclic amines) is 1. The molecule has 3 nitrogen and oxygen atoms in total. The van der Waals surface area contributed by atoms with E-state index in [-0.39, 0.29) is 6.61 Å². The van der Waals surface area contributed by atoms with Gasteiger partial charge in [0.05, 0.1) is 6.61 Å². The molecule has 2 aliphatic rings. The normalized spacial score (nSPS) is 38.4. The smallest absolute Gasteiger partial charge is 0.147 e. The Labute approximate surface area is 90.6 Å². The van der Waals surface area contributed by atoms with Crippen LogP contribution in [0.25, 0.3) is 0 Å². The van der Waals surface area contributed by atoms with E-state index >= 15 is 0 Å². The predicted molar refractivity (Wildman–Crippen MR) is 57.6 cm³/mol. The SMILES string of the molecule is OCC1(F)CCN(CC2CCCNC2)C1. The number of piperidine rings is 1.